The average molecular weight is 509 g/mol. The van der Waals surface area contributed by atoms with Crippen LogP contribution in [-0.2, 0) is 4.79 Å². The van der Waals surface area contributed by atoms with Crippen LogP contribution in [-0.4, -0.2) is 51.3 Å². The number of pyridine rings is 1. The molecule has 2 aromatic carbocycles. The van der Waals surface area contributed by atoms with E-state index in [0.717, 1.165) is 27.8 Å². The van der Waals surface area contributed by atoms with Gasteiger partial charge < -0.3 is 15.5 Å². The lowest BCUT2D eigenvalue weighted by Gasteiger charge is -2.16. The summed E-state index contributed by atoms with van der Waals surface area (Å²) in [4.78, 5) is 40.0. The van der Waals surface area contributed by atoms with Crippen LogP contribution in [0.4, 0.5) is 11.4 Å². The fourth-order valence-corrected chi connectivity index (χ4v) is 5.69. The molecule has 0 aliphatic carbocycles. The van der Waals surface area contributed by atoms with Crippen molar-refractivity contribution in [1.29, 1.82) is 0 Å². The van der Waals surface area contributed by atoms with Gasteiger partial charge in [-0.2, -0.15) is 0 Å². The number of fused-ring (bicyclic) bond motifs is 2. The minimum Gasteiger partial charge on any atom is -0.354 e. The van der Waals surface area contributed by atoms with Gasteiger partial charge in [-0.05, 0) is 59.1 Å². The lowest BCUT2D eigenvalue weighted by molar-refractivity contribution is -0.126. The van der Waals surface area contributed by atoms with Crippen molar-refractivity contribution in [3.63, 3.8) is 0 Å². The molecule has 1 aliphatic rings. The number of carbonyl (C=O) groups excluding carboxylic acids is 2. The highest BCUT2D eigenvalue weighted by molar-refractivity contribution is 7.17. The molecule has 1 aliphatic heterocycles. The van der Waals surface area contributed by atoms with Crippen LogP contribution >= 0.6 is 11.3 Å². The Morgan fingerprint density at radius 1 is 1.11 bits per heavy atom. The molecule has 1 saturated heterocycles. The van der Waals surface area contributed by atoms with E-state index in [1.807, 2.05) is 12.1 Å². The van der Waals surface area contributed by atoms with E-state index < -0.39 is 0 Å². The molecule has 5 aromatic rings. The molecule has 1 fully saturated rings. The van der Waals surface area contributed by atoms with Gasteiger partial charge in [0.2, 0.25) is 5.91 Å². The Balaban J connectivity index is 1.36. The third kappa shape index (κ3) is 4.38. The number of hydrogen-bond donors (Lipinski definition) is 2. The third-order valence-electron chi connectivity index (χ3n) is 6.67. The van der Waals surface area contributed by atoms with Crippen LogP contribution in [0, 0.1) is 6.92 Å². The molecule has 8 nitrogen and oxygen atoms in total. The second-order valence-corrected chi connectivity index (χ2v) is 10.2. The summed E-state index contributed by atoms with van der Waals surface area (Å²) in [7, 11) is 1.74. The molecule has 4 heterocycles. The van der Waals surface area contributed by atoms with Gasteiger partial charge in [0.15, 0.2) is 0 Å². The zero-order chi connectivity index (χ0) is 25.5. The van der Waals surface area contributed by atoms with E-state index in [9.17, 15) is 9.59 Å². The van der Waals surface area contributed by atoms with Gasteiger partial charge in [-0.15, -0.1) is 11.3 Å². The number of benzene rings is 2. The normalized spacial score (nSPS) is 15.5. The predicted octanol–water partition coefficient (Wildman–Crippen LogP) is 4.92. The number of nitrogens with one attached hydrogen (secondary N) is 2. The number of carbonyl (C=O) groups is 2. The fraction of sp³-hybridized carbons (Fsp3) is 0.179. The molecule has 2 N–H and O–H groups in total. The van der Waals surface area contributed by atoms with Crippen molar-refractivity contribution < 1.29 is 9.59 Å². The molecular weight excluding hydrogens is 484 g/mol. The minimum absolute atomic E-state index is 0.0269. The quantitative estimate of drug-likeness (QED) is 0.350. The Morgan fingerprint density at radius 2 is 1.97 bits per heavy atom. The van der Waals surface area contributed by atoms with E-state index in [1.54, 1.807) is 54.1 Å². The maximum Gasteiger partial charge on any atom is 0.253 e. The standard InChI is InChI=1S/C28H24N6O2S/c1-16-15-37-25-4-3-17(9-21(16)25)22-10-18(11-23-27(22)31-8-7-30-23)32-24-13-29-6-5-20(24)28(36)33-19-12-26(35)34(2)14-19/h3-11,13,15,19,32H,12,14H2,1-2H3,(H,33,36). The molecule has 9 heteroatoms. The smallest absolute Gasteiger partial charge is 0.253 e. The van der Waals surface area contributed by atoms with Gasteiger partial charge >= 0.3 is 0 Å². The van der Waals surface area contributed by atoms with E-state index in [2.05, 4.69) is 56.1 Å². The topological polar surface area (TPSA) is 100 Å². The number of likely N-dealkylation sites (tertiary alicyclic amines) is 1. The Kier molecular flexibility index (Phi) is 5.77. The first kappa shape index (κ1) is 23.1. The molecule has 184 valence electrons. The van der Waals surface area contributed by atoms with Crippen molar-refractivity contribution in [3.8, 4) is 11.1 Å². The summed E-state index contributed by atoms with van der Waals surface area (Å²) in [5, 5.41) is 9.74. The first-order valence-electron chi connectivity index (χ1n) is 11.9. The second kappa shape index (κ2) is 9.25. The van der Waals surface area contributed by atoms with E-state index in [0.29, 0.717) is 24.2 Å². The molecule has 3 aromatic heterocycles. The van der Waals surface area contributed by atoms with E-state index in [-0.39, 0.29) is 17.9 Å². The van der Waals surface area contributed by atoms with Gasteiger partial charge in [0, 0.05) is 54.6 Å². The zero-order valence-corrected chi connectivity index (χ0v) is 21.2. The maximum atomic E-state index is 13.1. The molecule has 0 spiro atoms. The summed E-state index contributed by atoms with van der Waals surface area (Å²) in [6.45, 7) is 2.62. The van der Waals surface area contributed by atoms with Crippen molar-refractivity contribution in [2.75, 3.05) is 18.9 Å². The molecular formula is C28H24N6O2S. The van der Waals surface area contributed by atoms with Gasteiger partial charge in [-0.3, -0.25) is 24.5 Å². The number of nitrogens with zero attached hydrogens (tertiary/aromatic N) is 4. The summed E-state index contributed by atoms with van der Waals surface area (Å²) in [6.07, 6.45) is 6.88. The van der Waals surface area contributed by atoms with Crippen LogP contribution in [0.3, 0.4) is 0 Å². The predicted molar refractivity (Wildman–Crippen MR) is 146 cm³/mol. The Morgan fingerprint density at radius 3 is 2.81 bits per heavy atom. The number of hydrogen-bond acceptors (Lipinski definition) is 7. The second-order valence-electron chi connectivity index (χ2n) is 9.27. The lowest BCUT2D eigenvalue weighted by atomic mass is 10.0. The van der Waals surface area contributed by atoms with Crippen molar-refractivity contribution >= 4 is 55.6 Å². The van der Waals surface area contributed by atoms with Crippen molar-refractivity contribution in [2.24, 2.45) is 0 Å². The molecule has 37 heavy (non-hydrogen) atoms. The van der Waals surface area contributed by atoms with Crippen molar-refractivity contribution in [1.82, 2.24) is 25.2 Å². The van der Waals surface area contributed by atoms with Crippen molar-refractivity contribution in [2.45, 2.75) is 19.4 Å². The number of likely N-dealkylation sites (N-methyl/N-ethyl adjacent to an activating group) is 1. The zero-order valence-electron chi connectivity index (χ0n) is 20.4. The summed E-state index contributed by atoms with van der Waals surface area (Å²) in [6, 6.07) is 11.8. The largest absolute Gasteiger partial charge is 0.354 e. The summed E-state index contributed by atoms with van der Waals surface area (Å²) < 4.78 is 1.24. The van der Waals surface area contributed by atoms with Crippen LogP contribution in [0.2, 0.25) is 0 Å². The third-order valence-corrected chi connectivity index (χ3v) is 7.75. The van der Waals surface area contributed by atoms with E-state index >= 15 is 0 Å². The number of amides is 2. The van der Waals surface area contributed by atoms with Crippen LogP contribution in [0.5, 0.6) is 0 Å². The van der Waals surface area contributed by atoms with Crippen LogP contribution in [0.15, 0.2) is 66.6 Å². The number of anilines is 2. The molecule has 1 unspecified atom stereocenters. The molecule has 0 radical (unpaired) electrons. The van der Waals surface area contributed by atoms with Gasteiger partial charge in [0.25, 0.3) is 5.91 Å². The highest BCUT2D eigenvalue weighted by Crippen LogP contribution is 2.35. The molecule has 6 rings (SSSR count). The molecule has 0 bridgehead atoms. The number of aryl methyl sites for hydroxylation is 1. The Hall–Kier alpha value is -4.37. The lowest BCUT2D eigenvalue weighted by Crippen LogP contribution is -2.36. The number of aromatic nitrogens is 3. The molecule has 0 saturated carbocycles. The highest BCUT2D eigenvalue weighted by Gasteiger charge is 2.28. The first-order chi connectivity index (χ1) is 18.0. The van der Waals surface area contributed by atoms with Crippen LogP contribution in [0.25, 0.3) is 32.2 Å². The Bertz CT molecular complexity index is 1680. The summed E-state index contributed by atoms with van der Waals surface area (Å²) in [5.74, 6) is -0.226. The van der Waals surface area contributed by atoms with Gasteiger partial charge in [-0.25, -0.2) is 0 Å². The average Bonchev–Trinajstić information content (AvgIpc) is 3.43. The van der Waals surface area contributed by atoms with Gasteiger partial charge in [0.1, 0.15) is 0 Å². The first-order valence-corrected chi connectivity index (χ1v) is 12.8. The molecule has 1 atom stereocenters. The summed E-state index contributed by atoms with van der Waals surface area (Å²) in [5.41, 5.74) is 6.57. The van der Waals surface area contributed by atoms with Crippen LogP contribution in [0.1, 0.15) is 22.3 Å². The maximum absolute atomic E-state index is 13.1. The number of rotatable bonds is 5. The van der Waals surface area contributed by atoms with Gasteiger partial charge in [0.05, 0.1) is 34.5 Å². The van der Waals surface area contributed by atoms with E-state index in [1.165, 1.54) is 15.6 Å². The fourth-order valence-electron chi connectivity index (χ4n) is 4.76. The van der Waals surface area contributed by atoms with Crippen LogP contribution < -0.4 is 10.6 Å². The molecule has 2 amide bonds. The summed E-state index contributed by atoms with van der Waals surface area (Å²) >= 11 is 1.74. The van der Waals surface area contributed by atoms with Crippen molar-refractivity contribution in [3.05, 3.63) is 77.7 Å². The minimum atomic E-state index is -0.253. The highest BCUT2D eigenvalue weighted by atomic mass is 32.1. The van der Waals surface area contributed by atoms with E-state index in [4.69, 9.17) is 0 Å². The SMILES string of the molecule is Cc1csc2ccc(-c3cc(Nc4cnccc4C(=O)NC4CC(=O)N(C)C4)cc4nccnc34)cc12. The van der Waals surface area contributed by atoms with Gasteiger partial charge in [-0.1, -0.05) is 6.07 Å². The number of thiophene rings is 1. The Labute approximate surface area is 217 Å². The monoisotopic (exact) mass is 508 g/mol.